The van der Waals surface area contributed by atoms with Crippen LogP contribution in [0, 0.1) is 0 Å². The van der Waals surface area contributed by atoms with Crippen molar-refractivity contribution in [2.75, 3.05) is 26.2 Å². The topological polar surface area (TPSA) is 40.6 Å². The molecular weight excluding hydrogens is 399 g/mol. The number of hydrogen-bond donors (Lipinski definition) is 0. The van der Waals surface area contributed by atoms with Crippen LogP contribution in [-0.2, 0) is 10.0 Å². The minimum atomic E-state index is -3.68. The first-order valence-corrected chi connectivity index (χ1v) is 9.65. The molecule has 2 rings (SSSR count). The van der Waals surface area contributed by atoms with E-state index in [9.17, 15) is 8.42 Å². The Morgan fingerprint density at radius 1 is 1.29 bits per heavy atom. The minimum Gasteiger partial charge on any atom is -0.298 e. The van der Waals surface area contributed by atoms with Gasteiger partial charge in [0.15, 0.2) is 0 Å². The molecule has 1 aromatic carbocycles. The second-order valence-electron chi connectivity index (χ2n) is 5.04. The number of benzene rings is 1. The highest BCUT2D eigenvalue weighted by Crippen LogP contribution is 2.35. The van der Waals surface area contributed by atoms with Crippen molar-refractivity contribution in [1.29, 1.82) is 0 Å². The largest absolute Gasteiger partial charge is 0.298 e. The standard InChI is InChI=1S/C13H17BrCl2N2O2S/c1-3-17-4-5-18(8-9(17)2)21(19,20)13-11(15)6-10(14)7-12(13)16/h6-7,9H,3-5,8H2,1-2H3. The summed E-state index contributed by atoms with van der Waals surface area (Å²) < 4.78 is 27.7. The predicted molar refractivity (Wildman–Crippen MR) is 89.6 cm³/mol. The van der Waals surface area contributed by atoms with Gasteiger partial charge in [0, 0.05) is 30.1 Å². The van der Waals surface area contributed by atoms with Crippen LogP contribution in [0.2, 0.25) is 10.0 Å². The summed E-state index contributed by atoms with van der Waals surface area (Å²) in [7, 11) is -3.68. The van der Waals surface area contributed by atoms with E-state index in [0.717, 1.165) is 6.54 Å². The van der Waals surface area contributed by atoms with E-state index < -0.39 is 10.0 Å². The first-order chi connectivity index (χ1) is 9.77. The number of hydrogen-bond acceptors (Lipinski definition) is 3. The molecule has 1 heterocycles. The van der Waals surface area contributed by atoms with E-state index >= 15 is 0 Å². The molecule has 1 aliphatic heterocycles. The minimum absolute atomic E-state index is 0.00816. The first-order valence-electron chi connectivity index (χ1n) is 6.66. The summed E-state index contributed by atoms with van der Waals surface area (Å²) in [4.78, 5) is 2.24. The maximum Gasteiger partial charge on any atom is 0.246 e. The molecule has 4 nitrogen and oxygen atoms in total. The summed E-state index contributed by atoms with van der Waals surface area (Å²) in [5.41, 5.74) is 0. The molecule has 8 heteroatoms. The van der Waals surface area contributed by atoms with Gasteiger partial charge in [-0.15, -0.1) is 0 Å². The molecule has 0 radical (unpaired) electrons. The van der Waals surface area contributed by atoms with Gasteiger partial charge in [0.05, 0.1) is 10.0 Å². The smallest absolute Gasteiger partial charge is 0.246 e. The van der Waals surface area contributed by atoms with Crippen molar-refractivity contribution in [2.24, 2.45) is 0 Å². The Morgan fingerprint density at radius 2 is 1.86 bits per heavy atom. The lowest BCUT2D eigenvalue weighted by atomic mass is 10.2. The second kappa shape index (κ2) is 6.72. The van der Waals surface area contributed by atoms with E-state index in [4.69, 9.17) is 23.2 Å². The zero-order valence-corrected chi connectivity index (χ0v) is 15.7. The van der Waals surface area contributed by atoms with Crippen molar-refractivity contribution in [3.8, 4) is 0 Å². The monoisotopic (exact) mass is 414 g/mol. The predicted octanol–water partition coefficient (Wildman–Crippen LogP) is 3.47. The fourth-order valence-corrected chi connectivity index (χ4v) is 5.95. The van der Waals surface area contributed by atoms with Gasteiger partial charge in [-0.25, -0.2) is 8.42 Å². The van der Waals surface area contributed by atoms with Crippen molar-refractivity contribution < 1.29 is 8.42 Å². The fourth-order valence-electron chi connectivity index (χ4n) is 2.55. The van der Waals surface area contributed by atoms with Crippen LogP contribution in [0.15, 0.2) is 21.5 Å². The molecule has 21 heavy (non-hydrogen) atoms. The summed E-state index contributed by atoms with van der Waals surface area (Å²) in [5.74, 6) is 0. The molecule has 0 aliphatic carbocycles. The highest BCUT2D eigenvalue weighted by atomic mass is 79.9. The Labute approximate surface area is 144 Å². The normalized spacial score (nSPS) is 21.7. The molecule has 0 amide bonds. The first kappa shape index (κ1) is 17.5. The van der Waals surface area contributed by atoms with Crippen molar-refractivity contribution in [3.05, 3.63) is 26.7 Å². The van der Waals surface area contributed by atoms with Crippen LogP contribution in [0.4, 0.5) is 0 Å². The molecule has 0 bridgehead atoms. The molecule has 0 aromatic heterocycles. The van der Waals surface area contributed by atoms with Gasteiger partial charge < -0.3 is 0 Å². The molecular formula is C13H17BrCl2N2O2S. The Kier molecular flexibility index (Phi) is 5.60. The molecule has 118 valence electrons. The van der Waals surface area contributed by atoms with Crippen LogP contribution < -0.4 is 0 Å². The third-order valence-electron chi connectivity index (χ3n) is 3.69. The van der Waals surface area contributed by atoms with Crippen LogP contribution in [0.25, 0.3) is 0 Å². The van der Waals surface area contributed by atoms with E-state index in [0.29, 0.717) is 24.1 Å². The van der Waals surface area contributed by atoms with Gasteiger partial charge in [0.2, 0.25) is 10.0 Å². The quantitative estimate of drug-likeness (QED) is 0.758. The molecule has 0 N–H and O–H groups in total. The summed E-state index contributed by atoms with van der Waals surface area (Å²) >= 11 is 15.5. The maximum absolute atomic E-state index is 12.8. The van der Waals surface area contributed by atoms with Gasteiger partial charge in [-0.3, -0.25) is 4.90 Å². The summed E-state index contributed by atoms with van der Waals surface area (Å²) in [5, 5.41) is 0.278. The van der Waals surface area contributed by atoms with Gasteiger partial charge in [-0.05, 0) is 25.6 Å². The second-order valence-corrected chi connectivity index (χ2v) is 8.64. The van der Waals surface area contributed by atoms with Crippen molar-refractivity contribution in [1.82, 2.24) is 9.21 Å². The highest BCUT2D eigenvalue weighted by Gasteiger charge is 2.34. The molecule has 0 saturated carbocycles. The molecule has 1 aliphatic rings. The van der Waals surface area contributed by atoms with E-state index in [1.165, 1.54) is 4.31 Å². The van der Waals surface area contributed by atoms with Gasteiger partial charge in [-0.2, -0.15) is 4.31 Å². The molecule has 1 aromatic rings. The molecule has 1 fully saturated rings. The Bertz CT molecular complexity index is 616. The SMILES string of the molecule is CCN1CCN(S(=O)(=O)c2c(Cl)cc(Br)cc2Cl)CC1C. The number of piperazine rings is 1. The Balaban J connectivity index is 2.36. The lowest BCUT2D eigenvalue weighted by molar-refractivity contribution is 0.135. The van der Waals surface area contributed by atoms with Gasteiger partial charge in [0.25, 0.3) is 0 Å². The number of sulfonamides is 1. The van der Waals surface area contributed by atoms with Gasteiger partial charge >= 0.3 is 0 Å². The number of likely N-dealkylation sites (N-methyl/N-ethyl adjacent to an activating group) is 1. The van der Waals surface area contributed by atoms with Crippen molar-refractivity contribution >= 4 is 49.2 Å². The highest BCUT2D eigenvalue weighted by molar-refractivity contribution is 9.10. The van der Waals surface area contributed by atoms with Crippen molar-refractivity contribution in [2.45, 2.75) is 24.8 Å². The lowest BCUT2D eigenvalue weighted by Gasteiger charge is -2.38. The zero-order valence-electron chi connectivity index (χ0n) is 11.8. The average molecular weight is 416 g/mol. The molecule has 1 saturated heterocycles. The van der Waals surface area contributed by atoms with E-state index in [-0.39, 0.29) is 21.0 Å². The Morgan fingerprint density at radius 3 is 2.33 bits per heavy atom. The van der Waals surface area contributed by atoms with E-state index in [2.05, 4.69) is 27.8 Å². The van der Waals surface area contributed by atoms with Gasteiger partial charge in [0.1, 0.15) is 4.90 Å². The van der Waals surface area contributed by atoms with Crippen LogP contribution in [-0.4, -0.2) is 49.8 Å². The van der Waals surface area contributed by atoms with Gasteiger partial charge in [-0.1, -0.05) is 46.1 Å². The third-order valence-corrected chi connectivity index (χ3v) is 6.94. The van der Waals surface area contributed by atoms with Crippen LogP contribution in [0.1, 0.15) is 13.8 Å². The molecule has 1 unspecified atom stereocenters. The third kappa shape index (κ3) is 3.57. The maximum atomic E-state index is 12.8. The number of nitrogens with zero attached hydrogens (tertiary/aromatic N) is 2. The van der Waals surface area contributed by atoms with Crippen LogP contribution in [0.3, 0.4) is 0 Å². The summed E-state index contributed by atoms with van der Waals surface area (Å²) in [6.07, 6.45) is 0. The summed E-state index contributed by atoms with van der Waals surface area (Å²) in [6.45, 7) is 6.61. The average Bonchev–Trinajstić information content (AvgIpc) is 2.36. The fraction of sp³-hybridized carbons (Fsp3) is 0.538. The summed E-state index contributed by atoms with van der Waals surface area (Å²) in [6, 6.07) is 3.27. The lowest BCUT2D eigenvalue weighted by Crippen LogP contribution is -2.53. The molecule has 1 atom stereocenters. The van der Waals surface area contributed by atoms with Crippen LogP contribution >= 0.6 is 39.1 Å². The molecule has 0 spiro atoms. The Hall–Kier alpha value is 0.150. The zero-order chi connectivity index (χ0) is 15.8. The van der Waals surface area contributed by atoms with E-state index in [1.54, 1.807) is 12.1 Å². The van der Waals surface area contributed by atoms with Crippen LogP contribution in [0.5, 0.6) is 0 Å². The van der Waals surface area contributed by atoms with Crippen molar-refractivity contribution in [3.63, 3.8) is 0 Å². The van der Waals surface area contributed by atoms with E-state index in [1.807, 2.05) is 6.92 Å². The number of rotatable bonds is 3. The number of halogens is 3.